The summed E-state index contributed by atoms with van der Waals surface area (Å²) in [5, 5.41) is 0.712. The molecular formula is C21H21FN2O3S. The van der Waals surface area contributed by atoms with E-state index < -0.39 is 10.0 Å². The highest BCUT2D eigenvalue weighted by molar-refractivity contribution is 7.89. The number of hydrogen-bond acceptors (Lipinski definition) is 4. The largest absolute Gasteiger partial charge is 0.489 e. The molecule has 0 spiro atoms. The van der Waals surface area contributed by atoms with Crippen molar-refractivity contribution in [3.8, 4) is 5.75 Å². The van der Waals surface area contributed by atoms with Crippen LogP contribution in [0.4, 0.5) is 4.39 Å². The second kappa shape index (κ2) is 7.85. The summed E-state index contributed by atoms with van der Waals surface area (Å²) in [6, 6.07) is 12.8. The van der Waals surface area contributed by atoms with Gasteiger partial charge in [0.2, 0.25) is 10.0 Å². The zero-order valence-corrected chi connectivity index (χ0v) is 16.2. The van der Waals surface area contributed by atoms with Crippen LogP contribution in [0.1, 0.15) is 24.8 Å². The zero-order valence-electron chi connectivity index (χ0n) is 15.3. The average Bonchev–Trinajstić information content (AvgIpc) is 2.73. The normalized spacial score (nSPS) is 15.6. The highest BCUT2D eigenvalue weighted by Crippen LogP contribution is 2.24. The minimum Gasteiger partial charge on any atom is -0.489 e. The molecule has 0 radical (unpaired) electrons. The minimum absolute atomic E-state index is 0.142. The number of piperidine rings is 1. The molecule has 0 atom stereocenters. The Balaban J connectivity index is 1.50. The Morgan fingerprint density at radius 3 is 2.54 bits per heavy atom. The number of ether oxygens (including phenoxy) is 1. The number of hydrogen-bond donors (Lipinski definition) is 0. The summed E-state index contributed by atoms with van der Waals surface area (Å²) < 4.78 is 46.5. The van der Waals surface area contributed by atoms with Gasteiger partial charge in [-0.2, -0.15) is 4.31 Å². The Morgan fingerprint density at radius 1 is 1.04 bits per heavy atom. The monoisotopic (exact) mass is 400 g/mol. The number of nitrogens with zero attached hydrogens (tertiary/aromatic N) is 2. The molecule has 5 nitrogen and oxygen atoms in total. The average molecular weight is 400 g/mol. The van der Waals surface area contributed by atoms with Gasteiger partial charge >= 0.3 is 0 Å². The molecule has 7 heteroatoms. The summed E-state index contributed by atoms with van der Waals surface area (Å²) in [7, 11) is -3.46. The second-order valence-electron chi connectivity index (χ2n) is 6.86. The van der Waals surface area contributed by atoms with Gasteiger partial charge in [-0.1, -0.05) is 12.5 Å². The molecule has 0 amide bonds. The van der Waals surface area contributed by atoms with Crippen LogP contribution in [-0.2, 0) is 16.6 Å². The maximum atomic E-state index is 13.8. The molecule has 1 aromatic heterocycles. The summed E-state index contributed by atoms with van der Waals surface area (Å²) in [6.07, 6.45) is 4.53. The van der Waals surface area contributed by atoms with Crippen molar-refractivity contribution in [1.29, 1.82) is 0 Å². The first-order chi connectivity index (χ1) is 13.5. The van der Waals surface area contributed by atoms with Crippen molar-refractivity contribution in [2.45, 2.75) is 30.8 Å². The molecule has 0 N–H and O–H groups in total. The summed E-state index contributed by atoms with van der Waals surface area (Å²) >= 11 is 0. The Bertz CT molecular complexity index is 1080. The Hall–Kier alpha value is -2.51. The fourth-order valence-electron chi connectivity index (χ4n) is 3.46. The molecule has 0 saturated carbocycles. The second-order valence-corrected chi connectivity index (χ2v) is 8.80. The quantitative estimate of drug-likeness (QED) is 0.646. The molecule has 1 aliphatic heterocycles. The predicted octanol–water partition coefficient (Wildman–Crippen LogP) is 4.13. The van der Waals surface area contributed by atoms with Crippen LogP contribution in [0.2, 0.25) is 0 Å². The Labute approximate surface area is 163 Å². The molecule has 4 rings (SSSR count). The fraction of sp³-hybridized carbons (Fsp3) is 0.286. The number of rotatable bonds is 5. The van der Waals surface area contributed by atoms with Crippen LogP contribution >= 0.6 is 0 Å². The number of fused-ring (bicyclic) bond motifs is 1. The van der Waals surface area contributed by atoms with Crippen molar-refractivity contribution < 1.29 is 17.5 Å². The molecule has 0 aliphatic carbocycles. The van der Waals surface area contributed by atoms with Crippen molar-refractivity contribution in [3.05, 3.63) is 66.1 Å². The third-order valence-electron chi connectivity index (χ3n) is 4.92. The molecule has 28 heavy (non-hydrogen) atoms. The van der Waals surface area contributed by atoms with Gasteiger partial charge in [-0.05, 0) is 55.3 Å². The maximum Gasteiger partial charge on any atom is 0.243 e. The third-order valence-corrected chi connectivity index (χ3v) is 6.83. The lowest BCUT2D eigenvalue weighted by Crippen LogP contribution is -2.35. The van der Waals surface area contributed by atoms with E-state index in [4.69, 9.17) is 4.74 Å². The highest BCUT2D eigenvalue weighted by Gasteiger charge is 2.25. The summed E-state index contributed by atoms with van der Waals surface area (Å²) in [5.74, 6) is 0.174. The van der Waals surface area contributed by atoms with E-state index in [1.807, 2.05) is 0 Å². The SMILES string of the molecule is O=S(=O)(c1ccc(OCc2cc(F)cc3cccnc23)cc1)N1CCCCC1. The van der Waals surface area contributed by atoms with Crippen LogP contribution in [0.15, 0.2) is 59.6 Å². The van der Waals surface area contributed by atoms with E-state index in [0.717, 1.165) is 19.3 Å². The van der Waals surface area contributed by atoms with Crippen molar-refractivity contribution in [1.82, 2.24) is 9.29 Å². The maximum absolute atomic E-state index is 13.8. The molecule has 2 aromatic carbocycles. The van der Waals surface area contributed by atoms with Crippen LogP contribution in [-0.4, -0.2) is 30.8 Å². The molecule has 0 bridgehead atoms. The van der Waals surface area contributed by atoms with Crippen molar-refractivity contribution >= 4 is 20.9 Å². The Morgan fingerprint density at radius 2 is 1.79 bits per heavy atom. The smallest absolute Gasteiger partial charge is 0.243 e. The standard InChI is InChI=1S/C21H21FN2O3S/c22-18-13-16-5-4-10-23-21(16)17(14-18)15-27-19-6-8-20(9-7-19)28(25,26)24-11-2-1-3-12-24/h4-10,13-14H,1-3,11-12,15H2. The van der Waals surface area contributed by atoms with Gasteiger partial charge in [0.15, 0.2) is 0 Å². The van der Waals surface area contributed by atoms with E-state index in [2.05, 4.69) is 4.98 Å². The van der Waals surface area contributed by atoms with Gasteiger partial charge in [0.25, 0.3) is 0 Å². The molecule has 3 aromatic rings. The van der Waals surface area contributed by atoms with E-state index >= 15 is 0 Å². The molecule has 146 valence electrons. The summed E-state index contributed by atoms with van der Waals surface area (Å²) in [4.78, 5) is 4.56. The first-order valence-electron chi connectivity index (χ1n) is 9.30. The van der Waals surface area contributed by atoms with Gasteiger partial charge in [0.1, 0.15) is 18.2 Å². The van der Waals surface area contributed by atoms with Crippen LogP contribution in [0.3, 0.4) is 0 Å². The van der Waals surface area contributed by atoms with E-state index in [0.29, 0.717) is 35.3 Å². The highest BCUT2D eigenvalue weighted by atomic mass is 32.2. The van der Waals surface area contributed by atoms with Gasteiger partial charge in [-0.15, -0.1) is 0 Å². The van der Waals surface area contributed by atoms with Crippen molar-refractivity contribution in [3.63, 3.8) is 0 Å². The summed E-state index contributed by atoms with van der Waals surface area (Å²) in [6.45, 7) is 1.28. The summed E-state index contributed by atoms with van der Waals surface area (Å²) in [5.41, 5.74) is 1.33. The topological polar surface area (TPSA) is 59.5 Å². The van der Waals surface area contributed by atoms with E-state index in [1.54, 1.807) is 42.6 Å². The Kier molecular flexibility index (Phi) is 5.28. The molecule has 1 saturated heterocycles. The lowest BCUT2D eigenvalue weighted by atomic mass is 10.1. The van der Waals surface area contributed by atoms with Gasteiger partial charge in [0.05, 0.1) is 10.4 Å². The molecular weight excluding hydrogens is 379 g/mol. The molecule has 2 heterocycles. The number of benzene rings is 2. The predicted molar refractivity (Wildman–Crippen MR) is 105 cm³/mol. The minimum atomic E-state index is -3.46. The third kappa shape index (κ3) is 3.86. The lowest BCUT2D eigenvalue weighted by Gasteiger charge is -2.25. The van der Waals surface area contributed by atoms with E-state index in [9.17, 15) is 12.8 Å². The first kappa shape index (κ1) is 18.8. The number of pyridine rings is 1. The number of sulfonamides is 1. The first-order valence-corrected chi connectivity index (χ1v) is 10.7. The zero-order chi connectivity index (χ0) is 19.6. The molecule has 1 fully saturated rings. The fourth-order valence-corrected chi connectivity index (χ4v) is 4.98. The van der Waals surface area contributed by atoms with Crippen LogP contribution in [0, 0.1) is 5.82 Å². The van der Waals surface area contributed by atoms with Gasteiger partial charge < -0.3 is 4.74 Å². The number of aromatic nitrogens is 1. The van der Waals surface area contributed by atoms with Gasteiger partial charge in [0, 0.05) is 30.2 Å². The van der Waals surface area contributed by atoms with Crippen LogP contribution in [0.5, 0.6) is 5.75 Å². The van der Waals surface area contributed by atoms with E-state index in [-0.39, 0.29) is 17.3 Å². The van der Waals surface area contributed by atoms with Gasteiger partial charge in [-0.25, -0.2) is 12.8 Å². The lowest BCUT2D eigenvalue weighted by molar-refractivity contribution is 0.306. The number of halogens is 1. The van der Waals surface area contributed by atoms with Crippen molar-refractivity contribution in [2.75, 3.05) is 13.1 Å². The van der Waals surface area contributed by atoms with E-state index in [1.165, 1.54) is 16.4 Å². The molecule has 1 aliphatic rings. The van der Waals surface area contributed by atoms with Gasteiger partial charge in [-0.3, -0.25) is 4.98 Å². The van der Waals surface area contributed by atoms with Crippen LogP contribution in [0.25, 0.3) is 10.9 Å². The van der Waals surface area contributed by atoms with Crippen LogP contribution < -0.4 is 4.74 Å². The van der Waals surface area contributed by atoms with Crippen molar-refractivity contribution in [2.24, 2.45) is 0 Å². The molecule has 0 unspecified atom stereocenters.